The number of nitrogens with zero attached hydrogens (tertiary/aromatic N) is 4. The van der Waals surface area contributed by atoms with Crippen LogP contribution in [0.1, 0.15) is 25.3 Å². The van der Waals surface area contributed by atoms with Crippen molar-refractivity contribution < 1.29 is 31.8 Å². The van der Waals surface area contributed by atoms with Gasteiger partial charge in [-0.2, -0.15) is 0 Å². The molecule has 9 nitrogen and oxygen atoms in total. The van der Waals surface area contributed by atoms with E-state index in [4.69, 9.17) is 13.6 Å². The third-order valence-electron chi connectivity index (χ3n) is 5.60. The summed E-state index contributed by atoms with van der Waals surface area (Å²) >= 11 is 0. The molecule has 0 aliphatic rings. The molecule has 0 unspecified atom stereocenters. The largest absolute Gasteiger partial charge is 0.450 e. The number of hydrogen-bond donors (Lipinski definition) is 1. The van der Waals surface area contributed by atoms with Crippen LogP contribution in [0.5, 0.6) is 11.6 Å². The van der Waals surface area contributed by atoms with E-state index in [2.05, 4.69) is 15.2 Å². The molecule has 0 amide bonds. The van der Waals surface area contributed by atoms with E-state index in [0.717, 1.165) is 0 Å². The first-order valence-electron chi connectivity index (χ1n) is 10.9. The Kier molecular flexibility index (Phi) is 5.63. The van der Waals surface area contributed by atoms with Crippen molar-refractivity contribution in [2.24, 2.45) is 7.05 Å². The van der Waals surface area contributed by atoms with Gasteiger partial charge in [-0.1, -0.05) is 0 Å². The summed E-state index contributed by atoms with van der Waals surface area (Å²) in [7, 11) is 1.50. The van der Waals surface area contributed by atoms with Crippen molar-refractivity contribution >= 4 is 11.0 Å². The van der Waals surface area contributed by atoms with Crippen molar-refractivity contribution in [2.75, 3.05) is 0 Å². The summed E-state index contributed by atoms with van der Waals surface area (Å²) in [5, 5.41) is 18.4. The first kappa shape index (κ1) is 24.3. The fraction of sp³-hybridized carbons (Fsp3) is 0.200. The van der Waals surface area contributed by atoms with E-state index in [1.165, 1.54) is 50.0 Å². The summed E-state index contributed by atoms with van der Waals surface area (Å²) in [5.74, 6) is -4.42. The van der Waals surface area contributed by atoms with E-state index in [0.29, 0.717) is 17.7 Å². The lowest BCUT2D eigenvalue weighted by molar-refractivity contribution is 0.0782. The van der Waals surface area contributed by atoms with Crippen molar-refractivity contribution in [1.82, 2.24) is 19.7 Å². The molecule has 0 bridgehead atoms. The molecule has 0 saturated heterocycles. The van der Waals surface area contributed by atoms with Crippen LogP contribution in [0.3, 0.4) is 0 Å². The minimum absolute atomic E-state index is 0.0389. The van der Waals surface area contributed by atoms with Gasteiger partial charge in [-0.15, -0.1) is 10.2 Å². The molecule has 1 N–H and O–H groups in total. The van der Waals surface area contributed by atoms with Crippen molar-refractivity contribution in [3.05, 3.63) is 75.9 Å². The zero-order valence-corrected chi connectivity index (χ0v) is 20.0. The number of hydrogen-bond acceptors (Lipinski definition) is 8. The number of aliphatic hydroxyl groups is 1. The fourth-order valence-electron chi connectivity index (χ4n) is 3.73. The molecule has 37 heavy (non-hydrogen) atoms. The van der Waals surface area contributed by atoms with Crippen LogP contribution in [0.15, 0.2) is 50.3 Å². The lowest BCUT2D eigenvalue weighted by Gasteiger charge is -2.20. The zero-order valence-electron chi connectivity index (χ0n) is 20.0. The molecule has 4 aromatic heterocycles. The normalized spacial score (nSPS) is 11.9. The number of aromatic nitrogens is 4. The fourth-order valence-corrected chi connectivity index (χ4v) is 3.73. The summed E-state index contributed by atoms with van der Waals surface area (Å²) in [6.07, 6.45) is 2.69. The molecule has 12 heteroatoms. The van der Waals surface area contributed by atoms with Crippen LogP contribution in [0.2, 0.25) is 0 Å². The van der Waals surface area contributed by atoms with Crippen LogP contribution in [-0.4, -0.2) is 24.9 Å². The maximum Gasteiger partial charge on any atom is 0.283 e. The highest BCUT2D eigenvalue weighted by Gasteiger charge is 2.26. The first-order valence-corrected chi connectivity index (χ1v) is 10.9. The number of aryl methyl sites for hydroxylation is 2. The van der Waals surface area contributed by atoms with E-state index in [1.54, 1.807) is 6.92 Å². The Labute approximate surface area is 206 Å². The van der Waals surface area contributed by atoms with Gasteiger partial charge in [0, 0.05) is 55.7 Å². The molecule has 5 aromatic rings. The Morgan fingerprint density at radius 2 is 1.73 bits per heavy atom. The summed E-state index contributed by atoms with van der Waals surface area (Å²) in [4.78, 5) is 17.1. The molecular formula is C25H19F3N4O5. The number of pyridine rings is 2. The lowest BCUT2D eigenvalue weighted by Crippen LogP contribution is -2.17. The molecule has 4 heterocycles. The van der Waals surface area contributed by atoms with Gasteiger partial charge in [0.2, 0.25) is 17.5 Å². The predicted octanol–water partition coefficient (Wildman–Crippen LogP) is 4.99. The molecule has 0 aliphatic heterocycles. The number of halogens is 3. The lowest BCUT2D eigenvalue weighted by atomic mass is 9.96. The highest BCUT2D eigenvalue weighted by atomic mass is 19.1. The molecule has 0 spiro atoms. The van der Waals surface area contributed by atoms with Gasteiger partial charge in [0.05, 0.1) is 16.6 Å². The molecule has 0 fully saturated rings. The zero-order chi connectivity index (χ0) is 26.6. The second-order valence-corrected chi connectivity index (χ2v) is 8.87. The Balaban J connectivity index is 1.77. The second kappa shape index (κ2) is 8.59. The van der Waals surface area contributed by atoms with Gasteiger partial charge < -0.3 is 23.2 Å². The summed E-state index contributed by atoms with van der Waals surface area (Å²) < 4.78 is 60.3. The van der Waals surface area contributed by atoms with E-state index in [1.807, 2.05) is 0 Å². The van der Waals surface area contributed by atoms with Gasteiger partial charge >= 0.3 is 0 Å². The molecular weight excluding hydrogens is 493 g/mol. The van der Waals surface area contributed by atoms with E-state index in [-0.39, 0.29) is 45.5 Å². The van der Waals surface area contributed by atoms with Crippen molar-refractivity contribution in [3.8, 4) is 34.4 Å². The van der Waals surface area contributed by atoms with E-state index in [9.17, 15) is 23.1 Å². The van der Waals surface area contributed by atoms with Gasteiger partial charge in [0.25, 0.3) is 11.4 Å². The minimum atomic E-state index is -1.36. The van der Waals surface area contributed by atoms with Gasteiger partial charge in [0.1, 0.15) is 11.4 Å². The molecule has 5 rings (SSSR count). The third kappa shape index (κ3) is 4.35. The highest BCUT2D eigenvalue weighted by Crippen LogP contribution is 2.40. The topological polar surface area (TPSA) is 116 Å². The average Bonchev–Trinajstić information content (AvgIpc) is 3.45. The Bertz CT molecular complexity index is 1710. The number of ether oxygens (including phenoxy) is 1. The van der Waals surface area contributed by atoms with Crippen LogP contribution < -0.4 is 10.3 Å². The summed E-state index contributed by atoms with van der Waals surface area (Å²) in [6.45, 7) is 4.63. The standard InChI is InChI=1S/C25H19F3N4O5/c1-11-30-31-23(35-11)19-8-15-20(36-19)16(10-32(4)24(15)33)14-5-12(25(2,3)34)9-29-22(14)37-21-17(27)6-13(26)7-18(21)28/h5-10,34H,1-4H3. The Hall–Kier alpha value is -4.45. The van der Waals surface area contributed by atoms with Crippen LogP contribution in [0, 0.1) is 24.4 Å². The van der Waals surface area contributed by atoms with Crippen LogP contribution in [-0.2, 0) is 12.6 Å². The minimum Gasteiger partial charge on any atom is -0.450 e. The van der Waals surface area contributed by atoms with Gasteiger partial charge in [-0.3, -0.25) is 4.79 Å². The first-order chi connectivity index (χ1) is 17.4. The monoisotopic (exact) mass is 512 g/mol. The summed E-state index contributed by atoms with van der Waals surface area (Å²) in [5.41, 5.74) is -0.983. The number of rotatable bonds is 5. The average molecular weight is 512 g/mol. The molecule has 0 atom stereocenters. The van der Waals surface area contributed by atoms with Crippen LogP contribution in [0.4, 0.5) is 13.2 Å². The Morgan fingerprint density at radius 3 is 2.35 bits per heavy atom. The molecule has 1 aromatic carbocycles. The SMILES string of the molecule is Cc1nnc(-c2cc3c(=O)n(C)cc(-c4cc(C(C)(C)O)cnc4Oc4c(F)cc(F)cc4F)c3o2)o1. The van der Waals surface area contributed by atoms with Gasteiger partial charge in [-0.25, -0.2) is 18.2 Å². The third-order valence-corrected chi connectivity index (χ3v) is 5.60. The number of benzene rings is 1. The van der Waals surface area contributed by atoms with Crippen LogP contribution >= 0.6 is 0 Å². The second-order valence-electron chi connectivity index (χ2n) is 8.87. The number of fused-ring (bicyclic) bond motifs is 1. The van der Waals surface area contributed by atoms with Gasteiger partial charge in [0.15, 0.2) is 17.4 Å². The van der Waals surface area contributed by atoms with Crippen molar-refractivity contribution in [2.45, 2.75) is 26.4 Å². The van der Waals surface area contributed by atoms with E-state index < -0.39 is 34.4 Å². The van der Waals surface area contributed by atoms with Crippen LogP contribution in [0.25, 0.3) is 33.7 Å². The van der Waals surface area contributed by atoms with Crippen molar-refractivity contribution in [1.29, 1.82) is 0 Å². The smallest absolute Gasteiger partial charge is 0.283 e. The number of furan rings is 1. The molecule has 0 aliphatic carbocycles. The maximum absolute atomic E-state index is 14.4. The summed E-state index contributed by atoms with van der Waals surface area (Å²) in [6, 6.07) is 3.86. The van der Waals surface area contributed by atoms with E-state index >= 15 is 0 Å². The molecule has 0 radical (unpaired) electrons. The maximum atomic E-state index is 14.4. The van der Waals surface area contributed by atoms with Crippen molar-refractivity contribution in [3.63, 3.8) is 0 Å². The highest BCUT2D eigenvalue weighted by molar-refractivity contribution is 5.94. The molecule has 190 valence electrons. The van der Waals surface area contributed by atoms with Gasteiger partial charge in [-0.05, 0) is 19.9 Å². The molecule has 0 saturated carbocycles. The Morgan fingerprint density at radius 1 is 1.03 bits per heavy atom. The quantitative estimate of drug-likeness (QED) is 0.350. The predicted molar refractivity (Wildman–Crippen MR) is 124 cm³/mol.